The van der Waals surface area contributed by atoms with Gasteiger partial charge >= 0.3 is 0 Å². The number of benzene rings is 3. The molecule has 1 amide bonds. The number of amides is 1. The SMILES string of the molecule is CN(Cn1c(NC(=O)C2(c3ccc(Cl)c(Cl)c3)CC2)nc2ccccc21)c1ccnc(Nc2cccc(CS(C)(=O)=O)c2)n1. The van der Waals surface area contributed by atoms with Crippen molar-refractivity contribution in [1.29, 1.82) is 0 Å². The van der Waals surface area contributed by atoms with Gasteiger partial charge in [-0.15, -0.1) is 0 Å². The first-order valence-corrected chi connectivity index (χ1v) is 16.6. The minimum Gasteiger partial charge on any atom is -0.341 e. The third-order valence-electron chi connectivity index (χ3n) is 7.53. The number of halogens is 2. The third-order valence-corrected chi connectivity index (χ3v) is 9.13. The Hall–Kier alpha value is -4.19. The van der Waals surface area contributed by atoms with Crippen LogP contribution >= 0.6 is 23.2 Å². The minimum absolute atomic E-state index is 0.0571. The highest BCUT2D eigenvalue weighted by Crippen LogP contribution is 2.50. The summed E-state index contributed by atoms with van der Waals surface area (Å²) in [6.45, 7) is 0.330. The molecule has 6 rings (SSSR count). The minimum atomic E-state index is -3.17. The van der Waals surface area contributed by atoms with Crippen molar-refractivity contribution in [3.63, 3.8) is 0 Å². The fourth-order valence-electron chi connectivity index (χ4n) is 5.18. The van der Waals surface area contributed by atoms with Crippen molar-refractivity contribution in [2.75, 3.05) is 28.8 Å². The van der Waals surface area contributed by atoms with Gasteiger partial charge in [0.15, 0.2) is 9.84 Å². The van der Waals surface area contributed by atoms with Gasteiger partial charge in [0, 0.05) is 25.2 Å². The zero-order chi connectivity index (χ0) is 31.1. The molecule has 0 radical (unpaired) electrons. The summed E-state index contributed by atoms with van der Waals surface area (Å²) in [6.07, 6.45) is 4.25. The average molecular weight is 651 g/mol. The molecule has 2 heterocycles. The van der Waals surface area contributed by atoms with Gasteiger partial charge in [0.1, 0.15) is 5.82 Å². The fourth-order valence-corrected chi connectivity index (χ4v) is 6.26. The van der Waals surface area contributed by atoms with Crippen LogP contribution in [0.2, 0.25) is 10.0 Å². The number of aromatic nitrogens is 4. The molecule has 1 saturated carbocycles. The number of carbonyl (C=O) groups excluding carboxylic acids is 1. The quantitative estimate of drug-likeness (QED) is 0.184. The van der Waals surface area contributed by atoms with Gasteiger partial charge in [-0.25, -0.2) is 18.4 Å². The van der Waals surface area contributed by atoms with Crippen molar-refractivity contribution in [1.82, 2.24) is 19.5 Å². The summed E-state index contributed by atoms with van der Waals surface area (Å²) in [6, 6.07) is 21.9. The Morgan fingerprint density at radius 1 is 1.00 bits per heavy atom. The summed E-state index contributed by atoms with van der Waals surface area (Å²) < 4.78 is 25.4. The van der Waals surface area contributed by atoms with Crippen LogP contribution in [0.5, 0.6) is 0 Å². The first-order valence-electron chi connectivity index (χ1n) is 13.8. The number of para-hydroxylation sites is 2. The number of rotatable bonds is 10. The fraction of sp³-hybridized carbons (Fsp3) is 0.226. The number of nitrogens with zero attached hydrogens (tertiary/aromatic N) is 5. The Kier molecular flexibility index (Phi) is 7.95. The second-order valence-electron chi connectivity index (χ2n) is 11.0. The lowest BCUT2D eigenvalue weighted by Crippen LogP contribution is -2.30. The summed E-state index contributed by atoms with van der Waals surface area (Å²) in [5, 5.41) is 7.10. The molecule has 44 heavy (non-hydrogen) atoms. The Morgan fingerprint density at radius 2 is 1.80 bits per heavy atom. The van der Waals surface area contributed by atoms with Gasteiger partial charge in [-0.3, -0.25) is 14.7 Å². The van der Waals surface area contributed by atoms with E-state index in [4.69, 9.17) is 28.2 Å². The second kappa shape index (κ2) is 11.7. The number of carbonyl (C=O) groups is 1. The van der Waals surface area contributed by atoms with Crippen molar-refractivity contribution < 1.29 is 13.2 Å². The Morgan fingerprint density at radius 3 is 2.55 bits per heavy atom. The van der Waals surface area contributed by atoms with Crippen molar-refractivity contribution in [2.24, 2.45) is 0 Å². The molecule has 1 aliphatic carbocycles. The summed E-state index contributed by atoms with van der Waals surface area (Å²) in [5.74, 6) is 1.19. The molecular formula is C31H29Cl2N7O3S. The number of imidazole rings is 1. The molecule has 226 valence electrons. The Balaban J connectivity index is 1.23. The van der Waals surface area contributed by atoms with Gasteiger partial charge in [-0.1, -0.05) is 53.5 Å². The summed E-state index contributed by atoms with van der Waals surface area (Å²) in [5.41, 5.74) is 3.08. The molecular weight excluding hydrogens is 621 g/mol. The predicted octanol–water partition coefficient (Wildman–Crippen LogP) is 6.19. The van der Waals surface area contributed by atoms with Gasteiger partial charge in [-0.05, 0) is 66.4 Å². The Labute approximate surface area is 265 Å². The lowest BCUT2D eigenvalue weighted by atomic mass is 9.95. The zero-order valence-corrected chi connectivity index (χ0v) is 26.3. The molecule has 1 fully saturated rings. The zero-order valence-electron chi connectivity index (χ0n) is 24.0. The number of nitrogens with one attached hydrogen (secondary N) is 2. The van der Waals surface area contributed by atoms with Crippen LogP contribution in [0.25, 0.3) is 11.0 Å². The van der Waals surface area contributed by atoms with E-state index >= 15 is 0 Å². The molecule has 0 aliphatic heterocycles. The number of hydrogen-bond acceptors (Lipinski definition) is 8. The molecule has 13 heteroatoms. The largest absolute Gasteiger partial charge is 0.341 e. The van der Waals surface area contributed by atoms with Crippen molar-refractivity contribution >= 4 is 73.4 Å². The maximum absolute atomic E-state index is 13.7. The molecule has 0 spiro atoms. The second-order valence-corrected chi connectivity index (χ2v) is 13.9. The maximum Gasteiger partial charge on any atom is 0.237 e. The van der Waals surface area contributed by atoms with Crippen LogP contribution in [-0.2, 0) is 32.5 Å². The standard InChI is InChI=1S/C31H29Cl2N7O3S/c1-39(27-12-15-34-29(37-27)35-22-7-5-6-20(16-22)18-44(2,42)43)19-40-26-9-4-3-8-25(26)36-30(40)38-28(41)31(13-14-31)21-10-11-23(32)24(33)17-21/h3-12,15-17H,13-14,18-19H2,1-2H3,(H,34,35,37)(H,36,38,41). The van der Waals surface area contributed by atoms with E-state index in [1.54, 1.807) is 42.6 Å². The first-order chi connectivity index (χ1) is 21.0. The number of hydrogen-bond donors (Lipinski definition) is 2. The summed E-state index contributed by atoms with van der Waals surface area (Å²) >= 11 is 12.4. The molecule has 10 nitrogen and oxygen atoms in total. The van der Waals surface area contributed by atoms with Crippen molar-refractivity contribution in [2.45, 2.75) is 30.7 Å². The molecule has 0 bridgehead atoms. The lowest BCUT2D eigenvalue weighted by Gasteiger charge is -2.22. The molecule has 5 aromatic rings. The van der Waals surface area contributed by atoms with Crippen molar-refractivity contribution in [3.8, 4) is 0 Å². The van der Waals surface area contributed by atoms with Gasteiger partial charge in [0.05, 0.1) is 38.9 Å². The molecule has 2 aromatic heterocycles. The number of anilines is 4. The van der Waals surface area contributed by atoms with E-state index in [9.17, 15) is 13.2 Å². The number of fused-ring (bicyclic) bond motifs is 1. The molecule has 0 saturated heterocycles. The van der Waals surface area contributed by atoms with Crippen LogP contribution in [0.1, 0.15) is 24.0 Å². The first kappa shape index (κ1) is 29.9. The maximum atomic E-state index is 13.7. The van der Waals surface area contributed by atoms with Gasteiger partial charge in [0.25, 0.3) is 0 Å². The number of sulfone groups is 1. The summed E-state index contributed by atoms with van der Waals surface area (Å²) in [4.78, 5) is 29.3. The highest BCUT2D eigenvalue weighted by Gasteiger charge is 2.51. The van der Waals surface area contributed by atoms with E-state index in [-0.39, 0.29) is 11.7 Å². The van der Waals surface area contributed by atoms with Crippen LogP contribution in [0.15, 0.2) is 79.0 Å². The van der Waals surface area contributed by atoms with Gasteiger partial charge < -0.3 is 10.2 Å². The van der Waals surface area contributed by atoms with Gasteiger partial charge in [0.2, 0.25) is 17.8 Å². The van der Waals surface area contributed by atoms with E-state index in [0.717, 1.165) is 16.6 Å². The van der Waals surface area contributed by atoms with Crippen LogP contribution in [0.4, 0.5) is 23.4 Å². The molecule has 3 aromatic carbocycles. The summed E-state index contributed by atoms with van der Waals surface area (Å²) in [7, 11) is -1.28. The smallest absolute Gasteiger partial charge is 0.237 e. The van der Waals surface area contributed by atoms with Crippen LogP contribution in [-0.4, -0.2) is 47.1 Å². The molecule has 1 aliphatic rings. The lowest BCUT2D eigenvalue weighted by molar-refractivity contribution is -0.118. The predicted molar refractivity (Wildman–Crippen MR) is 174 cm³/mol. The highest BCUT2D eigenvalue weighted by atomic mass is 35.5. The van der Waals surface area contributed by atoms with Crippen LogP contribution in [0.3, 0.4) is 0 Å². The third kappa shape index (κ3) is 6.35. The topological polar surface area (TPSA) is 122 Å². The molecule has 2 N–H and O–H groups in total. The Bertz CT molecular complexity index is 1990. The van der Waals surface area contributed by atoms with Crippen LogP contribution < -0.4 is 15.5 Å². The van der Waals surface area contributed by atoms with E-state index in [0.29, 0.717) is 58.5 Å². The average Bonchev–Trinajstić information content (AvgIpc) is 3.73. The van der Waals surface area contributed by atoms with E-state index in [1.807, 2.05) is 52.9 Å². The molecule has 0 unspecified atom stereocenters. The van der Waals surface area contributed by atoms with E-state index < -0.39 is 15.3 Å². The monoisotopic (exact) mass is 649 g/mol. The van der Waals surface area contributed by atoms with Gasteiger partial charge in [-0.2, -0.15) is 4.98 Å². The normalized spacial score (nSPS) is 13.9. The van der Waals surface area contributed by atoms with E-state index in [1.165, 1.54) is 6.26 Å². The van der Waals surface area contributed by atoms with Crippen molar-refractivity contribution in [3.05, 3.63) is 100 Å². The van der Waals surface area contributed by atoms with Crippen LogP contribution in [0, 0.1) is 0 Å². The molecule has 0 atom stereocenters. The van der Waals surface area contributed by atoms with E-state index in [2.05, 4.69) is 20.6 Å². The highest BCUT2D eigenvalue weighted by molar-refractivity contribution is 7.89.